The normalized spacial score (nSPS) is 15.4. The SMILES string of the molecule is CCCC(C)NC(C)c1cnn(C(C)C)c1. The molecule has 3 heteroatoms. The quantitative estimate of drug-likeness (QED) is 0.802. The zero-order valence-electron chi connectivity index (χ0n) is 11.2. The highest BCUT2D eigenvalue weighted by Crippen LogP contribution is 2.15. The van der Waals surface area contributed by atoms with E-state index in [4.69, 9.17) is 0 Å². The molecule has 0 bridgehead atoms. The molecule has 1 N–H and O–H groups in total. The lowest BCUT2D eigenvalue weighted by molar-refractivity contribution is 0.452. The molecule has 1 heterocycles. The number of nitrogens with one attached hydrogen (secondary N) is 1. The predicted molar refractivity (Wildman–Crippen MR) is 68.5 cm³/mol. The Labute approximate surface area is 99.2 Å². The van der Waals surface area contributed by atoms with Crippen molar-refractivity contribution in [2.75, 3.05) is 0 Å². The minimum absolute atomic E-state index is 0.383. The van der Waals surface area contributed by atoms with Crippen molar-refractivity contribution in [3.63, 3.8) is 0 Å². The molecule has 0 aliphatic rings. The van der Waals surface area contributed by atoms with Crippen molar-refractivity contribution in [2.45, 2.75) is 65.6 Å². The van der Waals surface area contributed by atoms with Gasteiger partial charge in [0, 0.05) is 29.9 Å². The maximum absolute atomic E-state index is 4.37. The number of hydrogen-bond acceptors (Lipinski definition) is 2. The van der Waals surface area contributed by atoms with Crippen LogP contribution in [0.15, 0.2) is 12.4 Å². The first-order valence-corrected chi connectivity index (χ1v) is 6.34. The van der Waals surface area contributed by atoms with Crippen LogP contribution in [0, 0.1) is 0 Å². The van der Waals surface area contributed by atoms with Gasteiger partial charge in [-0.25, -0.2) is 0 Å². The summed E-state index contributed by atoms with van der Waals surface area (Å²) in [6, 6.07) is 1.39. The molecule has 0 amide bonds. The summed E-state index contributed by atoms with van der Waals surface area (Å²) in [7, 11) is 0. The van der Waals surface area contributed by atoms with Crippen molar-refractivity contribution in [1.29, 1.82) is 0 Å². The van der Waals surface area contributed by atoms with Gasteiger partial charge in [0.05, 0.1) is 6.20 Å². The summed E-state index contributed by atoms with van der Waals surface area (Å²) in [6.07, 6.45) is 6.56. The van der Waals surface area contributed by atoms with E-state index in [0.29, 0.717) is 18.1 Å². The van der Waals surface area contributed by atoms with Gasteiger partial charge < -0.3 is 5.32 Å². The first-order valence-electron chi connectivity index (χ1n) is 6.34. The first kappa shape index (κ1) is 13.2. The second kappa shape index (κ2) is 6.04. The van der Waals surface area contributed by atoms with Gasteiger partial charge in [-0.1, -0.05) is 13.3 Å². The molecule has 92 valence electrons. The fourth-order valence-electron chi connectivity index (χ4n) is 1.90. The van der Waals surface area contributed by atoms with E-state index in [1.165, 1.54) is 18.4 Å². The number of aromatic nitrogens is 2. The third-order valence-corrected chi connectivity index (χ3v) is 2.91. The highest BCUT2D eigenvalue weighted by Gasteiger charge is 2.11. The van der Waals surface area contributed by atoms with Gasteiger partial charge in [-0.2, -0.15) is 5.10 Å². The average molecular weight is 223 g/mol. The maximum Gasteiger partial charge on any atom is 0.0537 e. The molecule has 16 heavy (non-hydrogen) atoms. The Kier molecular flexibility index (Phi) is 5.00. The van der Waals surface area contributed by atoms with Crippen molar-refractivity contribution in [2.24, 2.45) is 0 Å². The molecule has 1 aromatic heterocycles. The summed E-state index contributed by atoms with van der Waals surface area (Å²) in [6.45, 7) is 11.0. The molecule has 2 atom stereocenters. The van der Waals surface area contributed by atoms with Gasteiger partial charge in [0.1, 0.15) is 0 Å². The summed E-state index contributed by atoms with van der Waals surface area (Å²) < 4.78 is 2.01. The van der Waals surface area contributed by atoms with E-state index in [2.05, 4.69) is 51.2 Å². The van der Waals surface area contributed by atoms with Crippen LogP contribution >= 0.6 is 0 Å². The van der Waals surface area contributed by atoms with Gasteiger partial charge in [-0.15, -0.1) is 0 Å². The van der Waals surface area contributed by atoms with Gasteiger partial charge in [-0.3, -0.25) is 4.68 Å². The smallest absolute Gasteiger partial charge is 0.0537 e. The highest BCUT2D eigenvalue weighted by atomic mass is 15.3. The second-order valence-electron chi connectivity index (χ2n) is 4.93. The minimum atomic E-state index is 0.383. The van der Waals surface area contributed by atoms with Crippen LogP contribution in [0.5, 0.6) is 0 Å². The second-order valence-corrected chi connectivity index (χ2v) is 4.93. The lowest BCUT2D eigenvalue weighted by Crippen LogP contribution is -2.28. The van der Waals surface area contributed by atoms with E-state index in [0.717, 1.165) is 0 Å². The largest absolute Gasteiger partial charge is 0.308 e. The van der Waals surface area contributed by atoms with E-state index in [1.54, 1.807) is 0 Å². The van der Waals surface area contributed by atoms with Crippen LogP contribution < -0.4 is 5.32 Å². The van der Waals surface area contributed by atoms with E-state index in [-0.39, 0.29) is 0 Å². The Morgan fingerprint density at radius 3 is 2.50 bits per heavy atom. The van der Waals surface area contributed by atoms with Crippen molar-refractivity contribution < 1.29 is 0 Å². The van der Waals surface area contributed by atoms with E-state index in [9.17, 15) is 0 Å². The zero-order chi connectivity index (χ0) is 12.1. The fourth-order valence-corrected chi connectivity index (χ4v) is 1.90. The summed E-state index contributed by atoms with van der Waals surface area (Å²) in [4.78, 5) is 0. The van der Waals surface area contributed by atoms with Crippen molar-refractivity contribution in [1.82, 2.24) is 15.1 Å². The standard InChI is InChI=1S/C13H25N3/c1-6-7-11(4)15-12(5)13-8-14-16(9-13)10(2)3/h8-12,15H,6-7H2,1-5H3. The lowest BCUT2D eigenvalue weighted by atomic mass is 10.1. The molecule has 0 saturated carbocycles. The number of hydrogen-bond donors (Lipinski definition) is 1. The summed E-state index contributed by atoms with van der Waals surface area (Å²) in [5.74, 6) is 0. The van der Waals surface area contributed by atoms with Crippen LogP contribution in [0.25, 0.3) is 0 Å². The van der Waals surface area contributed by atoms with Gasteiger partial charge in [0.2, 0.25) is 0 Å². The van der Waals surface area contributed by atoms with E-state index < -0.39 is 0 Å². The molecule has 1 rings (SSSR count). The highest BCUT2D eigenvalue weighted by molar-refractivity contribution is 5.09. The average Bonchev–Trinajstić information content (AvgIpc) is 2.66. The third-order valence-electron chi connectivity index (χ3n) is 2.91. The lowest BCUT2D eigenvalue weighted by Gasteiger charge is -2.18. The number of rotatable bonds is 6. The molecule has 0 aromatic carbocycles. The Morgan fingerprint density at radius 1 is 1.31 bits per heavy atom. The first-order chi connectivity index (χ1) is 7.54. The topological polar surface area (TPSA) is 29.9 Å². The molecule has 2 unspecified atom stereocenters. The molecule has 0 aliphatic carbocycles. The summed E-state index contributed by atoms with van der Waals surface area (Å²) in [5.41, 5.74) is 1.27. The van der Waals surface area contributed by atoms with Crippen LogP contribution in [-0.2, 0) is 0 Å². The van der Waals surface area contributed by atoms with Crippen molar-refractivity contribution >= 4 is 0 Å². The van der Waals surface area contributed by atoms with Gasteiger partial charge in [0.25, 0.3) is 0 Å². The van der Waals surface area contributed by atoms with Gasteiger partial charge >= 0.3 is 0 Å². The van der Waals surface area contributed by atoms with Crippen LogP contribution in [0.3, 0.4) is 0 Å². The summed E-state index contributed by atoms with van der Waals surface area (Å²) >= 11 is 0. The van der Waals surface area contributed by atoms with Crippen molar-refractivity contribution in [3.05, 3.63) is 18.0 Å². The molecule has 0 aliphatic heterocycles. The minimum Gasteiger partial charge on any atom is -0.308 e. The molecule has 0 spiro atoms. The fraction of sp³-hybridized carbons (Fsp3) is 0.769. The predicted octanol–water partition coefficient (Wildman–Crippen LogP) is 3.30. The Morgan fingerprint density at radius 2 is 2.00 bits per heavy atom. The van der Waals surface area contributed by atoms with E-state index in [1.807, 2.05) is 10.9 Å². The Hall–Kier alpha value is -0.830. The molecular formula is C13H25N3. The third kappa shape index (κ3) is 3.63. The molecular weight excluding hydrogens is 198 g/mol. The molecule has 1 aromatic rings. The van der Waals surface area contributed by atoms with Crippen LogP contribution in [0.1, 0.15) is 65.1 Å². The molecule has 0 fully saturated rings. The van der Waals surface area contributed by atoms with Crippen molar-refractivity contribution in [3.8, 4) is 0 Å². The van der Waals surface area contributed by atoms with Gasteiger partial charge in [-0.05, 0) is 34.1 Å². The summed E-state index contributed by atoms with van der Waals surface area (Å²) in [5, 5.41) is 7.96. The van der Waals surface area contributed by atoms with Crippen LogP contribution in [0.4, 0.5) is 0 Å². The molecule has 0 radical (unpaired) electrons. The van der Waals surface area contributed by atoms with Crippen LogP contribution in [-0.4, -0.2) is 15.8 Å². The molecule has 0 saturated heterocycles. The zero-order valence-corrected chi connectivity index (χ0v) is 11.2. The monoisotopic (exact) mass is 223 g/mol. The number of nitrogens with zero attached hydrogens (tertiary/aromatic N) is 2. The Bertz CT molecular complexity index is 304. The van der Waals surface area contributed by atoms with Gasteiger partial charge in [0.15, 0.2) is 0 Å². The maximum atomic E-state index is 4.37. The molecule has 3 nitrogen and oxygen atoms in total. The Balaban J connectivity index is 2.55. The van der Waals surface area contributed by atoms with E-state index >= 15 is 0 Å². The van der Waals surface area contributed by atoms with Crippen LogP contribution in [0.2, 0.25) is 0 Å².